The molecule has 0 amide bonds. The minimum absolute atomic E-state index is 0.119. The number of anilines is 1. The van der Waals surface area contributed by atoms with Gasteiger partial charge in [0.1, 0.15) is 0 Å². The highest BCUT2D eigenvalue weighted by molar-refractivity contribution is 6.09. The summed E-state index contributed by atoms with van der Waals surface area (Å²) in [7, 11) is 3.79. The fourth-order valence-corrected chi connectivity index (χ4v) is 2.13. The Morgan fingerprint density at radius 1 is 1.21 bits per heavy atom. The quantitative estimate of drug-likeness (QED) is 0.477. The molecule has 2 rings (SSSR count). The van der Waals surface area contributed by atoms with Crippen molar-refractivity contribution in [2.45, 2.75) is 0 Å². The van der Waals surface area contributed by atoms with E-state index in [0.717, 1.165) is 22.7 Å². The van der Waals surface area contributed by atoms with E-state index in [1.165, 1.54) is 6.08 Å². The van der Waals surface area contributed by atoms with Crippen LogP contribution in [-0.4, -0.2) is 26.2 Å². The molecular weight excluding hydrogens is 238 g/mol. The normalized spacial score (nSPS) is 10.2. The van der Waals surface area contributed by atoms with Gasteiger partial charge in [0.25, 0.3) is 0 Å². The molecule has 0 bridgehead atoms. The van der Waals surface area contributed by atoms with Gasteiger partial charge in [-0.15, -0.1) is 0 Å². The van der Waals surface area contributed by atoms with Crippen LogP contribution in [0.1, 0.15) is 20.7 Å². The number of nitrogens with zero attached hydrogens (tertiary/aromatic N) is 1. The number of aldehydes is 1. The van der Waals surface area contributed by atoms with Gasteiger partial charge in [-0.25, -0.2) is 0 Å². The summed E-state index contributed by atoms with van der Waals surface area (Å²) in [5, 5.41) is 1.72. The average molecular weight is 253 g/mol. The van der Waals surface area contributed by atoms with Crippen molar-refractivity contribution in [1.82, 2.24) is 0 Å². The maximum Gasteiger partial charge on any atom is 0.185 e. The molecule has 0 saturated heterocycles. The first kappa shape index (κ1) is 13.0. The lowest BCUT2D eigenvalue weighted by Crippen LogP contribution is -2.11. The van der Waals surface area contributed by atoms with Crippen molar-refractivity contribution in [1.29, 1.82) is 0 Å². The molecule has 0 N–H and O–H groups in total. The van der Waals surface area contributed by atoms with E-state index in [1.807, 2.05) is 37.2 Å². The van der Waals surface area contributed by atoms with Gasteiger partial charge >= 0.3 is 0 Å². The van der Waals surface area contributed by atoms with Gasteiger partial charge in [-0.2, -0.15) is 0 Å². The first-order valence-electron chi connectivity index (χ1n) is 5.94. The van der Waals surface area contributed by atoms with Crippen LogP contribution in [0.5, 0.6) is 0 Å². The molecule has 2 aromatic carbocycles. The molecule has 0 aliphatic rings. The summed E-state index contributed by atoms with van der Waals surface area (Å²) in [4.78, 5) is 24.8. The monoisotopic (exact) mass is 253 g/mol. The van der Waals surface area contributed by atoms with Gasteiger partial charge in [-0.05, 0) is 29.0 Å². The van der Waals surface area contributed by atoms with E-state index in [4.69, 9.17) is 0 Å². The number of allylic oxidation sites excluding steroid dienone is 1. The van der Waals surface area contributed by atoms with Crippen LogP contribution in [0.15, 0.2) is 43.0 Å². The minimum atomic E-state index is -0.119. The molecule has 0 atom stereocenters. The van der Waals surface area contributed by atoms with E-state index in [1.54, 1.807) is 12.1 Å². The highest BCUT2D eigenvalue weighted by Gasteiger charge is 2.10. The van der Waals surface area contributed by atoms with Crippen LogP contribution in [0.3, 0.4) is 0 Å². The number of benzene rings is 2. The predicted octanol–water partition coefficient (Wildman–Crippen LogP) is 3.09. The molecule has 3 heteroatoms. The van der Waals surface area contributed by atoms with E-state index in [2.05, 4.69) is 6.58 Å². The second-order valence-electron chi connectivity index (χ2n) is 4.51. The third kappa shape index (κ3) is 2.27. The first-order chi connectivity index (χ1) is 9.08. The number of fused-ring (bicyclic) bond motifs is 1. The molecular formula is C16H15NO2. The molecule has 0 fully saturated rings. The van der Waals surface area contributed by atoms with Crippen LogP contribution < -0.4 is 4.90 Å². The van der Waals surface area contributed by atoms with Gasteiger partial charge in [-0.1, -0.05) is 24.8 Å². The predicted molar refractivity (Wildman–Crippen MR) is 78.2 cm³/mol. The van der Waals surface area contributed by atoms with Gasteiger partial charge in [-0.3, -0.25) is 9.59 Å². The topological polar surface area (TPSA) is 37.4 Å². The SMILES string of the molecule is C=CC(=O)c1ccc2c(C=O)c(N(C)C)ccc2c1. The zero-order valence-corrected chi connectivity index (χ0v) is 11.0. The van der Waals surface area contributed by atoms with E-state index >= 15 is 0 Å². The number of ketones is 1. The summed E-state index contributed by atoms with van der Waals surface area (Å²) in [5.41, 5.74) is 2.09. The molecule has 0 aliphatic carbocycles. The number of rotatable bonds is 4. The lowest BCUT2D eigenvalue weighted by Gasteiger charge is -2.16. The second-order valence-corrected chi connectivity index (χ2v) is 4.51. The smallest absolute Gasteiger partial charge is 0.185 e. The molecule has 0 aromatic heterocycles. The van der Waals surface area contributed by atoms with E-state index in [0.29, 0.717) is 11.1 Å². The maximum atomic E-state index is 11.6. The third-order valence-corrected chi connectivity index (χ3v) is 3.11. The highest BCUT2D eigenvalue weighted by atomic mass is 16.1. The van der Waals surface area contributed by atoms with Crippen molar-refractivity contribution < 1.29 is 9.59 Å². The van der Waals surface area contributed by atoms with Gasteiger partial charge in [0.05, 0.1) is 0 Å². The van der Waals surface area contributed by atoms with Gasteiger partial charge in [0, 0.05) is 30.9 Å². The van der Waals surface area contributed by atoms with Gasteiger partial charge < -0.3 is 4.90 Å². The summed E-state index contributed by atoms with van der Waals surface area (Å²) in [6, 6.07) is 9.11. The molecule has 0 spiro atoms. The fraction of sp³-hybridized carbons (Fsp3) is 0.125. The van der Waals surface area contributed by atoms with Crippen LogP contribution in [-0.2, 0) is 0 Å². The highest BCUT2D eigenvalue weighted by Crippen LogP contribution is 2.27. The molecule has 0 heterocycles. The Morgan fingerprint density at radius 2 is 1.95 bits per heavy atom. The maximum absolute atomic E-state index is 11.6. The Morgan fingerprint density at radius 3 is 2.53 bits per heavy atom. The van der Waals surface area contributed by atoms with Gasteiger partial charge in [0.2, 0.25) is 0 Å². The molecule has 19 heavy (non-hydrogen) atoms. The van der Waals surface area contributed by atoms with Crippen molar-refractivity contribution in [3.8, 4) is 0 Å². The number of hydrogen-bond donors (Lipinski definition) is 0. The van der Waals surface area contributed by atoms with Crippen LogP contribution in [0.2, 0.25) is 0 Å². The van der Waals surface area contributed by atoms with Crippen molar-refractivity contribution in [2.75, 3.05) is 19.0 Å². The van der Waals surface area contributed by atoms with Crippen molar-refractivity contribution in [3.63, 3.8) is 0 Å². The lowest BCUT2D eigenvalue weighted by molar-refractivity contribution is 0.104. The van der Waals surface area contributed by atoms with Crippen LogP contribution in [0.25, 0.3) is 10.8 Å². The van der Waals surface area contributed by atoms with Crippen molar-refractivity contribution in [3.05, 3.63) is 54.1 Å². The van der Waals surface area contributed by atoms with Gasteiger partial charge in [0.15, 0.2) is 12.1 Å². The Labute approximate surface area is 112 Å². The fourth-order valence-electron chi connectivity index (χ4n) is 2.13. The molecule has 0 aliphatic heterocycles. The summed E-state index contributed by atoms with van der Waals surface area (Å²) in [5.74, 6) is -0.119. The van der Waals surface area contributed by atoms with E-state index < -0.39 is 0 Å². The molecule has 96 valence electrons. The van der Waals surface area contributed by atoms with Crippen LogP contribution in [0, 0.1) is 0 Å². The first-order valence-corrected chi connectivity index (χ1v) is 5.94. The lowest BCUT2D eigenvalue weighted by atomic mass is 9.99. The molecule has 0 saturated carbocycles. The number of hydrogen-bond acceptors (Lipinski definition) is 3. The van der Waals surface area contributed by atoms with Crippen LogP contribution in [0.4, 0.5) is 5.69 Å². The summed E-state index contributed by atoms with van der Waals surface area (Å²) < 4.78 is 0. The molecule has 0 radical (unpaired) electrons. The van der Waals surface area contributed by atoms with E-state index in [9.17, 15) is 9.59 Å². The summed E-state index contributed by atoms with van der Waals surface area (Å²) >= 11 is 0. The minimum Gasteiger partial charge on any atom is -0.377 e. The number of carbonyl (C=O) groups excluding carboxylic acids is 2. The Hall–Kier alpha value is -2.42. The summed E-state index contributed by atoms with van der Waals surface area (Å²) in [6.45, 7) is 3.48. The Kier molecular flexibility index (Phi) is 3.47. The largest absolute Gasteiger partial charge is 0.377 e. The van der Waals surface area contributed by atoms with Crippen LogP contribution >= 0.6 is 0 Å². The average Bonchev–Trinajstić information content (AvgIpc) is 2.44. The molecule has 3 nitrogen and oxygen atoms in total. The second kappa shape index (κ2) is 5.06. The molecule has 2 aromatic rings. The Balaban J connectivity index is 2.71. The third-order valence-electron chi connectivity index (χ3n) is 3.11. The summed E-state index contributed by atoms with van der Waals surface area (Å²) in [6.07, 6.45) is 2.14. The van der Waals surface area contributed by atoms with Crippen molar-refractivity contribution in [2.24, 2.45) is 0 Å². The Bertz CT molecular complexity index is 672. The molecule has 0 unspecified atom stereocenters. The van der Waals surface area contributed by atoms with Crippen molar-refractivity contribution >= 4 is 28.5 Å². The standard InChI is InChI=1S/C16H15NO2/c1-4-16(19)12-5-7-13-11(9-12)6-8-15(17(2)3)14(13)10-18/h4-10H,1H2,2-3H3. The zero-order chi connectivity index (χ0) is 14.0. The number of carbonyl (C=O) groups is 2. The van der Waals surface area contributed by atoms with E-state index in [-0.39, 0.29) is 5.78 Å². The zero-order valence-electron chi connectivity index (χ0n) is 11.0.